The van der Waals surface area contributed by atoms with Gasteiger partial charge in [-0.3, -0.25) is 4.79 Å². The maximum absolute atomic E-state index is 11.2. The number of nitrogens with two attached hydrogens (primary N) is 1. The molecule has 0 bridgehead atoms. The van der Waals surface area contributed by atoms with Gasteiger partial charge in [0.05, 0.1) is 3.57 Å². The Kier molecular flexibility index (Phi) is 4.01. The fourth-order valence-corrected chi connectivity index (χ4v) is 2.16. The Labute approximate surface area is 122 Å². The van der Waals surface area contributed by atoms with E-state index < -0.39 is 5.91 Å². The lowest BCUT2D eigenvalue weighted by Gasteiger charge is -2.06. The smallest absolute Gasteiger partial charge is 0.271 e. The standard InChI is InChI=1S/C12H9IN4O2/c1-2-5-19-9-4-3-7(6-8(9)13)10-11(12(14)18)16-17-15-10/h1,3-4,6H,5H2,(H2,14,18)(H,15,16,17). The zero-order chi connectivity index (χ0) is 13.8. The number of nitrogens with zero attached hydrogens (tertiary/aromatic N) is 2. The number of primary amides is 1. The molecule has 0 radical (unpaired) electrons. The molecule has 0 saturated carbocycles. The molecule has 0 fully saturated rings. The van der Waals surface area contributed by atoms with Gasteiger partial charge in [-0.2, -0.15) is 15.4 Å². The van der Waals surface area contributed by atoms with E-state index in [1.165, 1.54) is 0 Å². The van der Waals surface area contributed by atoms with Gasteiger partial charge < -0.3 is 10.5 Å². The van der Waals surface area contributed by atoms with E-state index in [4.69, 9.17) is 16.9 Å². The maximum atomic E-state index is 11.2. The first-order valence-electron chi connectivity index (χ1n) is 5.20. The molecule has 0 aliphatic rings. The van der Waals surface area contributed by atoms with Crippen LogP contribution in [0.25, 0.3) is 11.3 Å². The average Bonchev–Trinajstić information content (AvgIpc) is 2.86. The number of hydrogen-bond donors (Lipinski definition) is 2. The van der Waals surface area contributed by atoms with E-state index in [1.807, 2.05) is 6.07 Å². The second kappa shape index (κ2) is 5.71. The summed E-state index contributed by atoms with van der Waals surface area (Å²) >= 11 is 2.11. The molecule has 0 unspecified atom stereocenters. The molecule has 2 aromatic rings. The van der Waals surface area contributed by atoms with E-state index in [0.29, 0.717) is 11.4 Å². The number of terminal acetylenes is 1. The lowest BCUT2D eigenvalue weighted by molar-refractivity contribution is 0.0996. The highest BCUT2D eigenvalue weighted by Gasteiger charge is 2.16. The van der Waals surface area contributed by atoms with E-state index in [9.17, 15) is 4.79 Å². The molecule has 1 heterocycles. The van der Waals surface area contributed by atoms with Crippen molar-refractivity contribution in [2.75, 3.05) is 6.61 Å². The third kappa shape index (κ3) is 2.85. The highest BCUT2D eigenvalue weighted by Crippen LogP contribution is 2.27. The van der Waals surface area contributed by atoms with Gasteiger partial charge in [-0.1, -0.05) is 5.92 Å². The number of halogens is 1. The molecule has 0 saturated heterocycles. The van der Waals surface area contributed by atoms with Crippen LogP contribution in [0, 0.1) is 15.9 Å². The van der Waals surface area contributed by atoms with Gasteiger partial charge >= 0.3 is 0 Å². The van der Waals surface area contributed by atoms with Crippen LogP contribution >= 0.6 is 22.6 Å². The van der Waals surface area contributed by atoms with Gasteiger partial charge in [-0.25, -0.2) is 0 Å². The summed E-state index contributed by atoms with van der Waals surface area (Å²) in [5.41, 5.74) is 6.46. The summed E-state index contributed by atoms with van der Waals surface area (Å²) in [7, 11) is 0. The van der Waals surface area contributed by atoms with Crippen molar-refractivity contribution in [3.8, 4) is 29.4 Å². The van der Waals surface area contributed by atoms with Crippen molar-refractivity contribution in [1.29, 1.82) is 0 Å². The van der Waals surface area contributed by atoms with E-state index in [0.717, 1.165) is 9.13 Å². The number of carbonyl (C=O) groups excluding carboxylic acids is 1. The van der Waals surface area contributed by atoms with Crippen molar-refractivity contribution in [2.24, 2.45) is 5.73 Å². The first-order valence-corrected chi connectivity index (χ1v) is 6.28. The monoisotopic (exact) mass is 368 g/mol. The Morgan fingerprint density at radius 1 is 1.53 bits per heavy atom. The Morgan fingerprint density at radius 2 is 2.32 bits per heavy atom. The topological polar surface area (TPSA) is 93.9 Å². The van der Waals surface area contributed by atoms with E-state index in [2.05, 4.69) is 43.9 Å². The molecular weight excluding hydrogens is 359 g/mol. The highest BCUT2D eigenvalue weighted by molar-refractivity contribution is 14.1. The molecule has 1 aromatic carbocycles. The minimum atomic E-state index is -0.633. The van der Waals surface area contributed by atoms with Crippen LogP contribution in [0.4, 0.5) is 0 Å². The fourth-order valence-electron chi connectivity index (χ4n) is 1.49. The van der Waals surface area contributed by atoms with Crippen molar-refractivity contribution in [1.82, 2.24) is 15.4 Å². The van der Waals surface area contributed by atoms with Gasteiger partial charge in [0.2, 0.25) is 0 Å². The highest BCUT2D eigenvalue weighted by atomic mass is 127. The first-order chi connectivity index (χ1) is 9.13. The molecule has 96 valence electrons. The molecule has 3 N–H and O–H groups in total. The third-order valence-corrected chi connectivity index (χ3v) is 3.14. The molecule has 0 spiro atoms. The summed E-state index contributed by atoms with van der Waals surface area (Å²) in [6, 6.07) is 5.34. The molecule has 1 aromatic heterocycles. The molecule has 0 aliphatic carbocycles. The van der Waals surface area contributed by atoms with Crippen LogP contribution in [0.2, 0.25) is 0 Å². The molecule has 2 rings (SSSR count). The van der Waals surface area contributed by atoms with Crippen molar-refractivity contribution >= 4 is 28.5 Å². The van der Waals surface area contributed by atoms with Crippen LogP contribution in [-0.4, -0.2) is 27.9 Å². The number of aromatic amines is 1. The fraction of sp³-hybridized carbons (Fsp3) is 0.0833. The summed E-state index contributed by atoms with van der Waals surface area (Å²) < 4.78 is 6.21. The Bertz CT molecular complexity index is 660. The SMILES string of the molecule is C#CCOc1ccc(-c2n[nH]nc2C(N)=O)cc1I. The quantitative estimate of drug-likeness (QED) is 0.626. The van der Waals surface area contributed by atoms with Crippen molar-refractivity contribution in [3.63, 3.8) is 0 Å². The minimum absolute atomic E-state index is 0.105. The van der Waals surface area contributed by atoms with Crippen LogP contribution in [0.15, 0.2) is 18.2 Å². The number of aromatic nitrogens is 3. The number of ether oxygens (including phenoxy) is 1. The number of hydrogen-bond acceptors (Lipinski definition) is 4. The van der Waals surface area contributed by atoms with Crippen molar-refractivity contribution < 1.29 is 9.53 Å². The minimum Gasteiger partial charge on any atom is -0.480 e. The molecular formula is C12H9IN4O2. The molecule has 6 nitrogen and oxygen atoms in total. The van der Waals surface area contributed by atoms with Crippen LogP contribution in [-0.2, 0) is 0 Å². The van der Waals surface area contributed by atoms with Crippen LogP contribution in [0.1, 0.15) is 10.5 Å². The van der Waals surface area contributed by atoms with Crippen LogP contribution in [0.5, 0.6) is 5.75 Å². The predicted octanol–water partition coefficient (Wildman–Crippen LogP) is 1.19. The third-order valence-electron chi connectivity index (χ3n) is 2.30. The summed E-state index contributed by atoms with van der Waals surface area (Å²) in [6.07, 6.45) is 5.14. The van der Waals surface area contributed by atoms with E-state index in [1.54, 1.807) is 12.1 Å². The Morgan fingerprint density at radius 3 is 2.95 bits per heavy atom. The maximum Gasteiger partial charge on any atom is 0.271 e. The van der Waals surface area contributed by atoms with Crippen LogP contribution in [0.3, 0.4) is 0 Å². The molecule has 1 amide bonds. The molecule has 0 aliphatic heterocycles. The molecule has 7 heteroatoms. The second-order valence-electron chi connectivity index (χ2n) is 3.52. The van der Waals surface area contributed by atoms with Crippen molar-refractivity contribution in [3.05, 3.63) is 27.5 Å². The second-order valence-corrected chi connectivity index (χ2v) is 4.69. The van der Waals surface area contributed by atoms with Gasteiger partial charge in [0.15, 0.2) is 5.69 Å². The van der Waals surface area contributed by atoms with Gasteiger partial charge in [-0.05, 0) is 40.8 Å². The number of rotatable bonds is 4. The van der Waals surface area contributed by atoms with Crippen molar-refractivity contribution in [2.45, 2.75) is 0 Å². The normalized spacial score (nSPS) is 9.89. The largest absolute Gasteiger partial charge is 0.480 e. The first kappa shape index (κ1) is 13.4. The number of carbonyl (C=O) groups is 1. The number of nitrogens with one attached hydrogen (secondary N) is 1. The van der Waals surface area contributed by atoms with Crippen LogP contribution < -0.4 is 10.5 Å². The molecule has 19 heavy (non-hydrogen) atoms. The lowest BCUT2D eigenvalue weighted by Crippen LogP contribution is -2.12. The van der Waals surface area contributed by atoms with Gasteiger partial charge in [0.25, 0.3) is 5.91 Å². The summed E-state index contributed by atoms with van der Waals surface area (Å²) in [5, 5.41) is 10.0. The summed E-state index contributed by atoms with van der Waals surface area (Å²) in [4.78, 5) is 11.2. The Balaban J connectivity index is 2.37. The number of H-pyrrole nitrogens is 1. The number of benzene rings is 1. The van der Waals surface area contributed by atoms with Gasteiger partial charge in [-0.15, -0.1) is 6.42 Å². The average molecular weight is 368 g/mol. The van der Waals surface area contributed by atoms with E-state index in [-0.39, 0.29) is 12.3 Å². The number of amides is 1. The summed E-state index contributed by atoms with van der Waals surface area (Å²) in [5.74, 6) is 2.44. The Hall–Kier alpha value is -2.08. The zero-order valence-corrected chi connectivity index (χ0v) is 11.8. The molecule has 0 atom stereocenters. The van der Waals surface area contributed by atoms with E-state index >= 15 is 0 Å². The predicted molar refractivity (Wildman–Crippen MR) is 77.4 cm³/mol. The zero-order valence-electron chi connectivity index (χ0n) is 9.68. The lowest BCUT2D eigenvalue weighted by atomic mass is 10.1. The van der Waals surface area contributed by atoms with Gasteiger partial charge in [0.1, 0.15) is 18.1 Å². The summed E-state index contributed by atoms with van der Waals surface area (Å²) in [6.45, 7) is 0.200. The van der Waals surface area contributed by atoms with Gasteiger partial charge in [0, 0.05) is 5.56 Å².